The molecule has 0 aliphatic carbocycles. The Kier molecular flexibility index (Phi) is 4.60. The van der Waals surface area contributed by atoms with Crippen LogP contribution in [-0.4, -0.2) is 49.1 Å². The van der Waals surface area contributed by atoms with Crippen molar-refractivity contribution in [3.8, 4) is 23.0 Å². The summed E-state index contributed by atoms with van der Waals surface area (Å²) in [4.78, 5) is 4.48. The predicted octanol–water partition coefficient (Wildman–Crippen LogP) is 3.52. The highest BCUT2D eigenvalue weighted by atomic mass is 16.7. The van der Waals surface area contributed by atoms with Gasteiger partial charge < -0.3 is 18.8 Å². The maximum absolute atomic E-state index is 6.01. The zero-order valence-electron chi connectivity index (χ0n) is 16.7. The van der Waals surface area contributed by atoms with Crippen LogP contribution >= 0.6 is 0 Å². The SMILES string of the molecule is CN(C)c1ccc(-c2nnc(C3CCN(Cc4ccc5c(c4)OCO5)C3)o2)cc1. The molecular weight excluding hydrogens is 368 g/mol. The third kappa shape index (κ3) is 3.65. The molecule has 2 aromatic carbocycles. The van der Waals surface area contributed by atoms with E-state index in [0.717, 1.165) is 54.7 Å². The van der Waals surface area contributed by atoms with E-state index in [4.69, 9.17) is 13.9 Å². The Morgan fingerprint density at radius 3 is 2.69 bits per heavy atom. The van der Waals surface area contributed by atoms with Crippen LogP contribution in [0, 0.1) is 0 Å². The summed E-state index contributed by atoms with van der Waals surface area (Å²) in [5.74, 6) is 3.24. The monoisotopic (exact) mass is 392 g/mol. The van der Waals surface area contributed by atoms with Crippen molar-refractivity contribution in [2.24, 2.45) is 0 Å². The average Bonchev–Trinajstić information content (AvgIpc) is 3.48. The maximum Gasteiger partial charge on any atom is 0.247 e. The van der Waals surface area contributed by atoms with Gasteiger partial charge in [0.1, 0.15) is 0 Å². The number of likely N-dealkylation sites (tertiary alicyclic amines) is 1. The molecule has 7 heteroatoms. The van der Waals surface area contributed by atoms with E-state index >= 15 is 0 Å². The fraction of sp³-hybridized carbons (Fsp3) is 0.364. The zero-order chi connectivity index (χ0) is 19.8. The fourth-order valence-electron chi connectivity index (χ4n) is 3.89. The van der Waals surface area contributed by atoms with Gasteiger partial charge in [-0.25, -0.2) is 0 Å². The summed E-state index contributed by atoms with van der Waals surface area (Å²) in [6, 6.07) is 14.3. The molecule has 1 aromatic heterocycles. The molecule has 7 nitrogen and oxygen atoms in total. The van der Waals surface area contributed by atoms with Gasteiger partial charge in [0, 0.05) is 38.4 Å². The smallest absolute Gasteiger partial charge is 0.247 e. The lowest BCUT2D eigenvalue weighted by Crippen LogP contribution is -2.19. The molecule has 0 saturated carbocycles. The molecule has 150 valence electrons. The number of rotatable bonds is 5. The van der Waals surface area contributed by atoms with Crippen LogP contribution in [0.5, 0.6) is 11.5 Å². The van der Waals surface area contributed by atoms with Gasteiger partial charge in [-0.15, -0.1) is 10.2 Å². The van der Waals surface area contributed by atoms with E-state index in [-0.39, 0.29) is 5.92 Å². The van der Waals surface area contributed by atoms with Crippen molar-refractivity contribution in [3.63, 3.8) is 0 Å². The first-order valence-corrected chi connectivity index (χ1v) is 9.88. The molecule has 2 aliphatic rings. The second-order valence-corrected chi connectivity index (χ2v) is 7.80. The second kappa shape index (κ2) is 7.40. The number of aromatic nitrogens is 2. The molecule has 0 spiro atoms. The van der Waals surface area contributed by atoms with Crippen LogP contribution in [0.25, 0.3) is 11.5 Å². The van der Waals surface area contributed by atoms with Gasteiger partial charge >= 0.3 is 0 Å². The van der Waals surface area contributed by atoms with Crippen LogP contribution in [0.4, 0.5) is 5.69 Å². The zero-order valence-corrected chi connectivity index (χ0v) is 16.7. The third-order valence-corrected chi connectivity index (χ3v) is 5.54. The highest BCUT2D eigenvalue weighted by Crippen LogP contribution is 2.34. The summed E-state index contributed by atoms with van der Waals surface area (Å²) in [6.07, 6.45) is 1.02. The summed E-state index contributed by atoms with van der Waals surface area (Å²) in [6.45, 7) is 3.10. The van der Waals surface area contributed by atoms with Gasteiger partial charge in [-0.2, -0.15) is 0 Å². The van der Waals surface area contributed by atoms with Crippen LogP contribution in [0.3, 0.4) is 0 Å². The van der Waals surface area contributed by atoms with Gasteiger partial charge in [0.05, 0.1) is 5.92 Å². The Bertz CT molecular complexity index is 1000. The van der Waals surface area contributed by atoms with E-state index in [1.54, 1.807) is 0 Å². The minimum atomic E-state index is 0.270. The lowest BCUT2D eigenvalue weighted by atomic mass is 10.1. The normalized spacial score (nSPS) is 18.3. The van der Waals surface area contributed by atoms with Gasteiger partial charge in [0.25, 0.3) is 0 Å². The van der Waals surface area contributed by atoms with Gasteiger partial charge in [0.15, 0.2) is 11.5 Å². The summed E-state index contributed by atoms with van der Waals surface area (Å²) >= 11 is 0. The Morgan fingerprint density at radius 1 is 1.03 bits per heavy atom. The average molecular weight is 392 g/mol. The molecule has 5 rings (SSSR count). The highest BCUT2D eigenvalue weighted by Gasteiger charge is 2.28. The molecule has 1 saturated heterocycles. The number of fused-ring (bicyclic) bond motifs is 1. The molecule has 1 atom stereocenters. The second-order valence-electron chi connectivity index (χ2n) is 7.80. The molecule has 0 N–H and O–H groups in total. The van der Waals surface area contributed by atoms with Gasteiger partial charge in [-0.3, -0.25) is 4.90 Å². The topological polar surface area (TPSA) is 63.9 Å². The van der Waals surface area contributed by atoms with Crippen molar-refractivity contribution in [2.75, 3.05) is 38.9 Å². The van der Waals surface area contributed by atoms with Crippen molar-refractivity contribution >= 4 is 5.69 Å². The Labute approximate surface area is 169 Å². The molecule has 3 heterocycles. The van der Waals surface area contributed by atoms with E-state index in [1.807, 2.05) is 32.3 Å². The van der Waals surface area contributed by atoms with E-state index in [0.29, 0.717) is 12.7 Å². The maximum atomic E-state index is 6.01. The van der Waals surface area contributed by atoms with Crippen molar-refractivity contribution in [2.45, 2.75) is 18.9 Å². The summed E-state index contributed by atoms with van der Waals surface area (Å²) < 4.78 is 16.9. The molecule has 0 bridgehead atoms. The summed E-state index contributed by atoms with van der Waals surface area (Å²) in [7, 11) is 4.05. The number of anilines is 1. The summed E-state index contributed by atoms with van der Waals surface area (Å²) in [5, 5.41) is 8.61. The van der Waals surface area contributed by atoms with E-state index in [9.17, 15) is 0 Å². The van der Waals surface area contributed by atoms with Gasteiger partial charge in [-0.1, -0.05) is 6.07 Å². The summed E-state index contributed by atoms with van der Waals surface area (Å²) in [5.41, 5.74) is 3.31. The standard InChI is InChI=1S/C22H24N4O3/c1-25(2)18-6-4-16(5-7-18)21-23-24-22(29-21)17-9-10-26(13-17)12-15-3-8-19-20(11-15)28-14-27-19/h3-8,11,17H,9-10,12-14H2,1-2H3. The van der Waals surface area contributed by atoms with E-state index < -0.39 is 0 Å². The van der Waals surface area contributed by atoms with Crippen LogP contribution < -0.4 is 14.4 Å². The molecule has 1 fully saturated rings. The van der Waals surface area contributed by atoms with Crippen LogP contribution in [0.15, 0.2) is 46.9 Å². The van der Waals surface area contributed by atoms with E-state index in [1.165, 1.54) is 5.56 Å². The number of hydrogen-bond donors (Lipinski definition) is 0. The molecule has 3 aromatic rings. The molecule has 1 unspecified atom stereocenters. The quantitative estimate of drug-likeness (QED) is 0.658. The molecule has 0 amide bonds. The Morgan fingerprint density at radius 2 is 1.86 bits per heavy atom. The molecule has 0 radical (unpaired) electrons. The number of benzene rings is 2. The van der Waals surface area contributed by atoms with Crippen LogP contribution in [0.1, 0.15) is 23.8 Å². The Balaban J connectivity index is 1.24. The fourth-order valence-corrected chi connectivity index (χ4v) is 3.89. The van der Waals surface area contributed by atoms with Crippen LogP contribution in [0.2, 0.25) is 0 Å². The van der Waals surface area contributed by atoms with Gasteiger partial charge in [-0.05, 0) is 54.9 Å². The highest BCUT2D eigenvalue weighted by molar-refractivity contribution is 5.58. The lowest BCUT2D eigenvalue weighted by Gasteiger charge is -2.15. The largest absolute Gasteiger partial charge is 0.454 e. The number of nitrogens with zero attached hydrogens (tertiary/aromatic N) is 4. The molecule has 2 aliphatic heterocycles. The molecular formula is C22H24N4O3. The first-order valence-electron chi connectivity index (χ1n) is 9.88. The third-order valence-electron chi connectivity index (χ3n) is 5.54. The minimum absolute atomic E-state index is 0.270. The van der Waals surface area contributed by atoms with Crippen molar-refractivity contribution in [1.82, 2.24) is 15.1 Å². The van der Waals surface area contributed by atoms with Crippen molar-refractivity contribution in [3.05, 3.63) is 53.9 Å². The Hall–Kier alpha value is -3.06. The minimum Gasteiger partial charge on any atom is -0.454 e. The van der Waals surface area contributed by atoms with Gasteiger partial charge in [0.2, 0.25) is 18.6 Å². The predicted molar refractivity (Wildman–Crippen MR) is 109 cm³/mol. The first-order chi connectivity index (χ1) is 14.2. The molecule has 29 heavy (non-hydrogen) atoms. The number of ether oxygens (including phenoxy) is 2. The number of hydrogen-bond acceptors (Lipinski definition) is 7. The first kappa shape index (κ1) is 18.0. The van der Waals surface area contributed by atoms with Crippen molar-refractivity contribution in [1.29, 1.82) is 0 Å². The van der Waals surface area contributed by atoms with E-state index in [2.05, 4.69) is 44.3 Å². The lowest BCUT2D eigenvalue weighted by molar-refractivity contribution is 0.174. The van der Waals surface area contributed by atoms with Crippen molar-refractivity contribution < 1.29 is 13.9 Å². The van der Waals surface area contributed by atoms with Crippen LogP contribution in [-0.2, 0) is 6.54 Å².